The molecule has 2 aromatic rings. The maximum Gasteiger partial charge on any atom is 0.248 e. The van der Waals surface area contributed by atoms with E-state index in [-0.39, 0.29) is 18.4 Å². The fourth-order valence-corrected chi connectivity index (χ4v) is 1.69. The van der Waals surface area contributed by atoms with Crippen LogP contribution >= 0.6 is 0 Å². The topological polar surface area (TPSA) is 115 Å². The van der Waals surface area contributed by atoms with E-state index in [1.165, 1.54) is 11.0 Å². The highest BCUT2D eigenvalue weighted by Crippen LogP contribution is 2.03. The van der Waals surface area contributed by atoms with Crippen LogP contribution in [0.3, 0.4) is 0 Å². The van der Waals surface area contributed by atoms with E-state index < -0.39 is 11.4 Å². The normalized spacial score (nSPS) is 11.1. The van der Waals surface area contributed by atoms with E-state index in [0.29, 0.717) is 6.54 Å². The van der Waals surface area contributed by atoms with Gasteiger partial charge in [0.2, 0.25) is 17.8 Å². The Hall–Kier alpha value is -2.74. The third-order valence-electron chi connectivity index (χ3n) is 2.99. The van der Waals surface area contributed by atoms with Gasteiger partial charge in [-0.15, -0.1) is 5.10 Å². The molecular formula is C15H20N6O2. The molecule has 4 N–H and O–H groups in total. The summed E-state index contributed by atoms with van der Waals surface area (Å²) in [5.41, 5.74) is 5.65. The van der Waals surface area contributed by atoms with Gasteiger partial charge in [0.1, 0.15) is 12.9 Å². The van der Waals surface area contributed by atoms with Crippen molar-refractivity contribution >= 4 is 17.8 Å². The predicted octanol–water partition coefficient (Wildman–Crippen LogP) is 0.270. The molecule has 0 atom stereocenters. The second kappa shape index (κ2) is 7.01. The first-order chi connectivity index (χ1) is 10.8. The number of hydrogen-bond acceptors (Lipinski definition) is 5. The Kier molecular flexibility index (Phi) is 5.07. The Morgan fingerprint density at radius 3 is 2.61 bits per heavy atom. The van der Waals surface area contributed by atoms with Crippen molar-refractivity contribution in [2.75, 3.05) is 5.32 Å². The molecule has 0 aliphatic heterocycles. The molecule has 0 spiro atoms. The number of rotatable bonds is 6. The molecule has 0 aliphatic carbocycles. The highest BCUT2D eigenvalue weighted by atomic mass is 16.2. The van der Waals surface area contributed by atoms with E-state index in [4.69, 9.17) is 5.73 Å². The van der Waals surface area contributed by atoms with E-state index >= 15 is 0 Å². The number of carbonyl (C=O) groups excluding carboxylic acids is 2. The molecule has 1 aromatic heterocycles. The van der Waals surface area contributed by atoms with E-state index in [1.807, 2.05) is 30.3 Å². The number of amides is 2. The molecule has 1 heterocycles. The molecule has 0 bridgehead atoms. The van der Waals surface area contributed by atoms with Crippen LogP contribution in [0.15, 0.2) is 36.7 Å². The van der Waals surface area contributed by atoms with Gasteiger partial charge < -0.3 is 11.1 Å². The van der Waals surface area contributed by atoms with E-state index in [1.54, 1.807) is 13.8 Å². The van der Waals surface area contributed by atoms with Crippen LogP contribution < -0.4 is 16.4 Å². The summed E-state index contributed by atoms with van der Waals surface area (Å²) in [6, 6.07) is 9.59. The first kappa shape index (κ1) is 16.6. The van der Waals surface area contributed by atoms with Crippen LogP contribution in [0.5, 0.6) is 0 Å². The Balaban J connectivity index is 1.84. The molecule has 0 unspecified atom stereocenters. The van der Waals surface area contributed by atoms with Crippen molar-refractivity contribution in [1.82, 2.24) is 20.1 Å². The molecule has 0 fully saturated rings. The summed E-state index contributed by atoms with van der Waals surface area (Å²) in [7, 11) is 0. The van der Waals surface area contributed by atoms with Gasteiger partial charge in [-0.2, -0.15) is 0 Å². The minimum Gasteiger partial charge on any atom is -0.350 e. The smallest absolute Gasteiger partial charge is 0.248 e. The van der Waals surface area contributed by atoms with Crippen LogP contribution in [0.25, 0.3) is 0 Å². The average molecular weight is 316 g/mol. The molecule has 0 saturated heterocycles. The summed E-state index contributed by atoms with van der Waals surface area (Å²) >= 11 is 0. The van der Waals surface area contributed by atoms with Crippen molar-refractivity contribution in [2.45, 2.75) is 32.5 Å². The van der Waals surface area contributed by atoms with Crippen LogP contribution in [0.4, 0.5) is 5.95 Å². The first-order valence-electron chi connectivity index (χ1n) is 7.15. The van der Waals surface area contributed by atoms with Crippen LogP contribution in [0.2, 0.25) is 0 Å². The highest BCUT2D eigenvalue weighted by Gasteiger charge is 2.23. The van der Waals surface area contributed by atoms with Crippen molar-refractivity contribution in [3.05, 3.63) is 42.2 Å². The van der Waals surface area contributed by atoms with Crippen LogP contribution in [0.1, 0.15) is 19.4 Å². The van der Waals surface area contributed by atoms with Crippen molar-refractivity contribution in [3.63, 3.8) is 0 Å². The van der Waals surface area contributed by atoms with Gasteiger partial charge in [-0.3, -0.25) is 14.9 Å². The number of nitrogens with two attached hydrogens (primary N) is 1. The van der Waals surface area contributed by atoms with Gasteiger partial charge in [-0.25, -0.2) is 9.67 Å². The fourth-order valence-electron chi connectivity index (χ4n) is 1.69. The van der Waals surface area contributed by atoms with Gasteiger partial charge >= 0.3 is 0 Å². The lowest BCUT2D eigenvalue weighted by Gasteiger charge is -2.15. The minimum absolute atomic E-state index is 0.0156. The van der Waals surface area contributed by atoms with Crippen LogP contribution in [-0.2, 0) is 22.7 Å². The highest BCUT2D eigenvalue weighted by molar-refractivity contribution is 5.95. The predicted molar refractivity (Wildman–Crippen MR) is 85.2 cm³/mol. The molecule has 23 heavy (non-hydrogen) atoms. The Morgan fingerprint density at radius 1 is 1.26 bits per heavy atom. The van der Waals surface area contributed by atoms with Gasteiger partial charge in [-0.1, -0.05) is 30.3 Å². The summed E-state index contributed by atoms with van der Waals surface area (Å²) in [4.78, 5) is 27.5. The SMILES string of the molecule is CC(C)(N)C(=O)Nc1ncn(CC(=O)NCc2ccccc2)n1. The van der Waals surface area contributed by atoms with Gasteiger partial charge in [-0.05, 0) is 19.4 Å². The second-order valence-electron chi connectivity index (χ2n) is 5.70. The maximum atomic E-state index is 11.9. The fraction of sp³-hybridized carbons (Fsp3) is 0.333. The number of carbonyl (C=O) groups is 2. The number of anilines is 1. The second-order valence-corrected chi connectivity index (χ2v) is 5.70. The summed E-state index contributed by atoms with van der Waals surface area (Å²) < 4.78 is 1.35. The van der Waals surface area contributed by atoms with E-state index in [2.05, 4.69) is 20.7 Å². The lowest BCUT2D eigenvalue weighted by atomic mass is 10.1. The molecule has 122 valence electrons. The molecule has 2 rings (SSSR count). The molecule has 8 heteroatoms. The molecule has 2 amide bonds. The number of aromatic nitrogens is 3. The van der Waals surface area contributed by atoms with Crippen molar-refractivity contribution < 1.29 is 9.59 Å². The van der Waals surface area contributed by atoms with Gasteiger partial charge in [0.05, 0.1) is 5.54 Å². The molecule has 1 aromatic carbocycles. The summed E-state index contributed by atoms with van der Waals surface area (Å²) in [5.74, 6) is -0.482. The molecular weight excluding hydrogens is 296 g/mol. The average Bonchev–Trinajstić information content (AvgIpc) is 2.92. The van der Waals surface area contributed by atoms with E-state index in [0.717, 1.165) is 5.56 Å². The zero-order chi connectivity index (χ0) is 16.9. The molecule has 0 aliphatic rings. The van der Waals surface area contributed by atoms with Crippen LogP contribution in [0, 0.1) is 0 Å². The Labute approximate surface area is 134 Å². The largest absolute Gasteiger partial charge is 0.350 e. The quantitative estimate of drug-likeness (QED) is 0.707. The zero-order valence-electron chi connectivity index (χ0n) is 13.1. The third-order valence-corrected chi connectivity index (χ3v) is 2.99. The van der Waals surface area contributed by atoms with Gasteiger partial charge in [0.15, 0.2) is 0 Å². The number of benzene rings is 1. The Morgan fingerprint density at radius 2 is 1.96 bits per heavy atom. The van der Waals surface area contributed by atoms with Gasteiger partial charge in [0.25, 0.3) is 0 Å². The Bertz CT molecular complexity index is 675. The summed E-state index contributed by atoms with van der Waals surface area (Å²) in [5, 5.41) is 9.30. The van der Waals surface area contributed by atoms with Crippen molar-refractivity contribution in [2.24, 2.45) is 5.73 Å². The summed E-state index contributed by atoms with van der Waals surface area (Å²) in [6.45, 7) is 3.62. The molecule has 0 radical (unpaired) electrons. The third kappa shape index (κ3) is 5.19. The first-order valence-corrected chi connectivity index (χ1v) is 7.15. The van der Waals surface area contributed by atoms with E-state index in [9.17, 15) is 9.59 Å². The monoisotopic (exact) mass is 316 g/mol. The summed E-state index contributed by atoms with van der Waals surface area (Å²) in [6.07, 6.45) is 1.38. The lowest BCUT2D eigenvalue weighted by Crippen LogP contribution is -2.45. The lowest BCUT2D eigenvalue weighted by molar-refractivity contribution is -0.122. The number of nitrogens with one attached hydrogen (secondary N) is 2. The standard InChI is InChI=1S/C15H20N6O2/c1-15(2,16)13(23)19-14-18-10-21(20-14)9-12(22)17-8-11-6-4-3-5-7-11/h3-7,10H,8-9,16H2,1-2H3,(H,17,22)(H,19,20,23). The maximum absolute atomic E-state index is 11.9. The van der Waals surface area contributed by atoms with Crippen LogP contribution in [-0.4, -0.2) is 32.1 Å². The number of hydrogen-bond donors (Lipinski definition) is 3. The molecule has 0 saturated carbocycles. The molecule has 8 nitrogen and oxygen atoms in total. The number of nitrogens with zero attached hydrogens (tertiary/aromatic N) is 3. The van der Waals surface area contributed by atoms with Gasteiger partial charge in [0, 0.05) is 6.54 Å². The van der Waals surface area contributed by atoms with Crippen molar-refractivity contribution in [1.29, 1.82) is 0 Å². The van der Waals surface area contributed by atoms with Crippen molar-refractivity contribution in [3.8, 4) is 0 Å². The zero-order valence-corrected chi connectivity index (χ0v) is 13.1. The minimum atomic E-state index is -1.03.